The number of amides is 2. The Morgan fingerprint density at radius 1 is 1.07 bits per heavy atom. The van der Waals surface area contributed by atoms with Crippen molar-refractivity contribution in [3.05, 3.63) is 48.7 Å². The van der Waals surface area contributed by atoms with Crippen molar-refractivity contribution in [2.45, 2.75) is 128 Å². The third-order valence-corrected chi connectivity index (χ3v) is 9.96. The highest BCUT2D eigenvalue weighted by molar-refractivity contribution is 6.31. The predicted octanol–water partition coefficient (Wildman–Crippen LogP) is 6.62. The molecule has 2 aliphatic rings. The summed E-state index contributed by atoms with van der Waals surface area (Å²) in [5.74, 6) is -1.00. The highest BCUT2D eigenvalue weighted by atomic mass is 35.5. The Hall–Kier alpha value is -3.78. The number of unbranched alkanes of at least 4 members (excludes halogenated alkanes) is 3. The molecule has 2 fully saturated rings. The first-order valence-electron chi connectivity index (χ1n) is 19.2. The number of carbonyl (C=O) groups is 3. The third kappa shape index (κ3) is 11.4. The SMILES string of the molecule is C=CCCCCC[C@H](NCOC(C)(C)C)C(=O)N1C[C@H](Oc2nc3cc(OC)ccc3nc2Cl)C[C@H]1C(=O)N(COC(C)(C)C)[C@]1(C(=O)OCC)C[C@H]1C=C. The lowest BCUT2D eigenvalue weighted by molar-refractivity contribution is -0.170. The van der Waals surface area contributed by atoms with Crippen LogP contribution in [0.1, 0.15) is 93.4 Å². The van der Waals surface area contributed by atoms with E-state index in [0.717, 1.165) is 25.7 Å². The Bertz CT molecular complexity index is 1680. The molecule has 1 aromatic heterocycles. The molecule has 0 radical (unpaired) electrons. The summed E-state index contributed by atoms with van der Waals surface area (Å²) in [4.78, 5) is 55.6. The maximum atomic E-state index is 15.1. The second kappa shape index (κ2) is 18.9. The van der Waals surface area contributed by atoms with Gasteiger partial charge in [-0.25, -0.2) is 14.8 Å². The number of carbonyl (C=O) groups excluding carboxylic acids is 3. The number of nitrogens with one attached hydrogen (secondary N) is 1. The maximum absolute atomic E-state index is 15.1. The number of esters is 1. The number of hydrogen-bond acceptors (Lipinski definition) is 11. The minimum atomic E-state index is -1.33. The molecule has 14 heteroatoms. The largest absolute Gasteiger partial charge is 0.497 e. The van der Waals surface area contributed by atoms with Crippen LogP contribution in [0.4, 0.5) is 0 Å². The van der Waals surface area contributed by atoms with Gasteiger partial charge in [0.1, 0.15) is 30.2 Å². The van der Waals surface area contributed by atoms with Crippen molar-refractivity contribution in [2.75, 3.05) is 33.7 Å². The monoisotopic (exact) mass is 785 g/mol. The molecule has 1 aliphatic carbocycles. The molecule has 0 unspecified atom stereocenters. The number of aromatic nitrogens is 2. The highest BCUT2D eigenvalue weighted by Gasteiger charge is 2.66. The number of rotatable bonds is 20. The summed E-state index contributed by atoms with van der Waals surface area (Å²) >= 11 is 6.60. The van der Waals surface area contributed by atoms with Crippen LogP contribution in [0.15, 0.2) is 43.5 Å². The quantitative estimate of drug-likeness (QED) is 0.0671. The van der Waals surface area contributed by atoms with Gasteiger partial charge in [-0.3, -0.25) is 14.9 Å². The Labute approximate surface area is 331 Å². The summed E-state index contributed by atoms with van der Waals surface area (Å²) in [6.07, 6.45) is 7.27. The van der Waals surface area contributed by atoms with Crippen LogP contribution >= 0.6 is 11.6 Å². The van der Waals surface area contributed by atoms with E-state index in [1.807, 2.05) is 47.6 Å². The number of nitrogens with zero attached hydrogens (tertiary/aromatic N) is 4. The number of hydrogen-bond donors (Lipinski definition) is 1. The second-order valence-electron chi connectivity index (χ2n) is 16.1. The number of ether oxygens (including phenoxy) is 5. The predicted molar refractivity (Wildman–Crippen MR) is 212 cm³/mol. The van der Waals surface area contributed by atoms with Gasteiger partial charge in [-0.05, 0) is 86.3 Å². The molecule has 1 aromatic carbocycles. The number of likely N-dealkylation sites (tertiary alicyclic amines) is 1. The fourth-order valence-corrected chi connectivity index (χ4v) is 6.86. The Morgan fingerprint density at radius 2 is 1.80 bits per heavy atom. The first-order valence-corrected chi connectivity index (χ1v) is 19.6. The smallest absolute Gasteiger partial charge is 0.332 e. The van der Waals surface area contributed by atoms with Crippen LogP contribution in [0, 0.1) is 5.92 Å². The van der Waals surface area contributed by atoms with Gasteiger partial charge in [0.25, 0.3) is 5.88 Å². The van der Waals surface area contributed by atoms with Crippen molar-refractivity contribution < 1.29 is 38.1 Å². The normalized spacial score (nSPS) is 21.5. The average Bonchev–Trinajstić information content (AvgIpc) is 3.71. The molecule has 2 amide bonds. The third-order valence-electron chi connectivity index (χ3n) is 9.72. The fourth-order valence-electron chi connectivity index (χ4n) is 6.68. The number of allylic oxidation sites excluding steroid dienone is 1. The van der Waals surface area contributed by atoms with E-state index in [2.05, 4.69) is 28.4 Å². The standard InChI is InChI=1S/C41H60ClN5O8/c1-11-14-15-16-17-18-31(43-25-53-39(4,5)6)36(48)46-24-29(55-35-34(42)44-30-20-19-28(51-10)21-32(30)45-35)22-33(46)37(49)47(26-54-40(7,8)9)41(23-27(41)12-2)38(50)52-13-3/h11-12,19-21,27,29,31,33,43H,1-2,13-18,22-26H2,3-10H3/t27-,29-,31+,33+,41-/m1/s1. The molecule has 0 bridgehead atoms. The van der Waals surface area contributed by atoms with E-state index in [9.17, 15) is 9.59 Å². The maximum Gasteiger partial charge on any atom is 0.332 e. The summed E-state index contributed by atoms with van der Waals surface area (Å²) in [6, 6.07) is 3.53. The second-order valence-corrected chi connectivity index (χ2v) is 16.4. The van der Waals surface area contributed by atoms with E-state index >= 15 is 4.79 Å². The van der Waals surface area contributed by atoms with E-state index in [1.165, 1.54) is 4.90 Å². The topological polar surface area (TPSA) is 142 Å². The summed E-state index contributed by atoms with van der Waals surface area (Å²) in [7, 11) is 1.56. The van der Waals surface area contributed by atoms with Gasteiger partial charge in [-0.1, -0.05) is 36.6 Å². The van der Waals surface area contributed by atoms with Crippen LogP contribution in [-0.4, -0.2) is 106 Å². The summed E-state index contributed by atoms with van der Waals surface area (Å²) in [6.45, 7) is 21.0. The fraction of sp³-hybridized carbons (Fsp3) is 0.634. The Morgan fingerprint density at radius 3 is 2.42 bits per heavy atom. The van der Waals surface area contributed by atoms with Crippen molar-refractivity contribution >= 4 is 40.4 Å². The molecule has 1 aliphatic heterocycles. The molecule has 1 saturated carbocycles. The number of fused-ring (bicyclic) bond motifs is 1. The molecule has 2 heterocycles. The van der Waals surface area contributed by atoms with Gasteiger partial charge in [0, 0.05) is 18.4 Å². The van der Waals surface area contributed by atoms with Gasteiger partial charge in [0.2, 0.25) is 11.8 Å². The van der Waals surface area contributed by atoms with E-state index in [0.29, 0.717) is 29.6 Å². The van der Waals surface area contributed by atoms with Crippen molar-refractivity contribution in [3.63, 3.8) is 0 Å². The Balaban J connectivity index is 1.73. The van der Waals surface area contributed by atoms with Crippen molar-refractivity contribution in [2.24, 2.45) is 5.92 Å². The molecule has 1 N–H and O–H groups in total. The van der Waals surface area contributed by atoms with Crippen LogP contribution in [0.25, 0.3) is 11.0 Å². The lowest BCUT2D eigenvalue weighted by Gasteiger charge is -2.37. The van der Waals surface area contributed by atoms with Crippen molar-refractivity contribution in [1.29, 1.82) is 0 Å². The lowest BCUT2D eigenvalue weighted by atomic mass is 10.0. The van der Waals surface area contributed by atoms with E-state index in [4.69, 9.17) is 35.3 Å². The summed E-state index contributed by atoms with van der Waals surface area (Å²) < 4.78 is 29.5. The lowest BCUT2D eigenvalue weighted by Crippen LogP contribution is -2.58. The first-order chi connectivity index (χ1) is 26.0. The van der Waals surface area contributed by atoms with Crippen LogP contribution in [-0.2, 0) is 28.6 Å². The highest BCUT2D eigenvalue weighted by Crippen LogP contribution is 2.51. The van der Waals surface area contributed by atoms with Crippen LogP contribution < -0.4 is 14.8 Å². The van der Waals surface area contributed by atoms with Gasteiger partial charge in [-0.15, -0.1) is 13.2 Å². The number of methoxy groups -OCH3 is 1. The molecule has 13 nitrogen and oxygen atoms in total. The molecule has 5 atom stereocenters. The Kier molecular flexibility index (Phi) is 15.1. The zero-order valence-corrected chi connectivity index (χ0v) is 34.6. The molecule has 2 aromatic rings. The van der Waals surface area contributed by atoms with Gasteiger partial charge >= 0.3 is 5.97 Å². The van der Waals surface area contributed by atoms with Crippen LogP contribution in [0.5, 0.6) is 11.6 Å². The molecule has 55 heavy (non-hydrogen) atoms. The van der Waals surface area contributed by atoms with Crippen molar-refractivity contribution in [3.8, 4) is 11.6 Å². The summed E-state index contributed by atoms with van der Waals surface area (Å²) in [5, 5.41) is 3.35. The molecule has 0 spiro atoms. The average molecular weight is 786 g/mol. The summed E-state index contributed by atoms with van der Waals surface area (Å²) in [5.41, 5.74) is -1.37. The first kappa shape index (κ1) is 43.9. The molecule has 304 valence electrons. The van der Waals surface area contributed by atoms with E-state index in [1.54, 1.807) is 43.2 Å². The molecule has 1 saturated heterocycles. The van der Waals surface area contributed by atoms with Crippen LogP contribution in [0.2, 0.25) is 5.15 Å². The van der Waals surface area contributed by atoms with Gasteiger partial charge in [-0.2, -0.15) is 0 Å². The van der Waals surface area contributed by atoms with Gasteiger partial charge in [0.05, 0.1) is 55.3 Å². The number of halogens is 1. The zero-order chi connectivity index (χ0) is 40.6. The molecular formula is C41H60ClN5O8. The van der Waals surface area contributed by atoms with Gasteiger partial charge in [0.15, 0.2) is 5.15 Å². The van der Waals surface area contributed by atoms with Gasteiger partial charge < -0.3 is 33.5 Å². The minimum absolute atomic E-state index is 0.0389. The zero-order valence-electron chi connectivity index (χ0n) is 33.8. The minimum Gasteiger partial charge on any atom is -0.497 e. The molecular weight excluding hydrogens is 726 g/mol. The van der Waals surface area contributed by atoms with Crippen LogP contribution in [0.3, 0.4) is 0 Å². The molecule has 4 rings (SSSR count). The van der Waals surface area contributed by atoms with E-state index in [-0.39, 0.29) is 55.9 Å². The number of benzene rings is 1. The van der Waals surface area contributed by atoms with Crippen molar-refractivity contribution in [1.82, 2.24) is 25.1 Å². The van der Waals surface area contributed by atoms with E-state index < -0.39 is 46.8 Å².